The number of amides is 1. The summed E-state index contributed by atoms with van der Waals surface area (Å²) in [5, 5.41) is 2.83. The van der Waals surface area contributed by atoms with Crippen LogP contribution in [0.3, 0.4) is 0 Å². The van der Waals surface area contributed by atoms with E-state index in [4.69, 9.17) is 4.74 Å². The Morgan fingerprint density at radius 3 is 2.33 bits per heavy atom. The highest BCUT2D eigenvalue weighted by Crippen LogP contribution is 2.20. The lowest BCUT2D eigenvalue weighted by atomic mass is 10.1. The number of carbonyl (C=O) groups is 3. The Morgan fingerprint density at radius 1 is 1.07 bits per heavy atom. The molecule has 1 amide bonds. The molecule has 1 heterocycles. The van der Waals surface area contributed by atoms with E-state index in [0.717, 1.165) is 25.7 Å². The van der Waals surface area contributed by atoms with Gasteiger partial charge in [0, 0.05) is 26.2 Å². The molecule has 0 spiro atoms. The predicted octanol–water partition coefficient (Wildman–Crippen LogP) is 1.11. The number of nitrogens with one attached hydrogen (secondary N) is 1. The van der Waals surface area contributed by atoms with Crippen molar-refractivity contribution in [2.45, 2.75) is 6.92 Å². The van der Waals surface area contributed by atoms with Crippen LogP contribution in [0.25, 0.3) is 0 Å². The molecule has 27 heavy (non-hydrogen) atoms. The molecular formula is C19H25N3O5. The highest BCUT2D eigenvalue weighted by Gasteiger charge is 2.24. The third-order valence-electron chi connectivity index (χ3n) is 4.40. The Kier molecular flexibility index (Phi) is 7.36. The smallest absolute Gasteiger partial charge is 0.354 e. The van der Waals surface area contributed by atoms with Crippen molar-refractivity contribution in [3.8, 4) is 0 Å². The van der Waals surface area contributed by atoms with Crippen molar-refractivity contribution in [1.29, 1.82) is 0 Å². The average Bonchev–Trinajstić information content (AvgIpc) is 2.72. The normalized spacial score (nSPS) is 15.2. The second-order valence-electron chi connectivity index (χ2n) is 5.97. The number of hydrogen-bond donors (Lipinski definition) is 1. The molecule has 0 aliphatic carbocycles. The number of ether oxygens (including phenoxy) is 2. The van der Waals surface area contributed by atoms with Crippen molar-refractivity contribution in [2.75, 3.05) is 52.3 Å². The first-order chi connectivity index (χ1) is 13.0. The summed E-state index contributed by atoms with van der Waals surface area (Å²) in [4.78, 5) is 40.5. The van der Waals surface area contributed by atoms with Crippen molar-refractivity contribution in [2.24, 2.45) is 0 Å². The number of likely N-dealkylation sites (N-methyl/N-ethyl adjacent to an activating group) is 1. The molecule has 1 N–H and O–H groups in total. The molecule has 8 heteroatoms. The molecule has 1 fully saturated rings. The number of nitrogens with zero attached hydrogens (tertiary/aromatic N) is 2. The van der Waals surface area contributed by atoms with Crippen LogP contribution >= 0.6 is 0 Å². The largest absolute Gasteiger partial charge is 0.466 e. The van der Waals surface area contributed by atoms with Gasteiger partial charge in [0.05, 0.1) is 31.5 Å². The molecular weight excluding hydrogens is 350 g/mol. The van der Waals surface area contributed by atoms with Gasteiger partial charge in [-0.05, 0) is 18.7 Å². The van der Waals surface area contributed by atoms with Crippen molar-refractivity contribution in [3.05, 3.63) is 41.6 Å². The van der Waals surface area contributed by atoms with Gasteiger partial charge in [-0.15, -0.1) is 0 Å². The fourth-order valence-electron chi connectivity index (χ4n) is 2.79. The quantitative estimate of drug-likeness (QED) is 0.588. The maximum atomic E-state index is 13.0. The van der Waals surface area contributed by atoms with Crippen molar-refractivity contribution < 1.29 is 23.9 Å². The zero-order valence-electron chi connectivity index (χ0n) is 15.9. The number of carbonyl (C=O) groups excluding carboxylic acids is 3. The molecule has 2 rings (SSSR count). The zero-order chi connectivity index (χ0) is 19.8. The highest BCUT2D eigenvalue weighted by molar-refractivity contribution is 6.03. The summed E-state index contributed by atoms with van der Waals surface area (Å²) < 4.78 is 9.26. The summed E-state index contributed by atoms with van der Waals surface area (Å²) >= 11 is 0. The molecule has 1 aliphatic rings. The van der Waals surface area contributed by atoms with Gasteiger partial charge >= 0.3 is 11.9 Å². The minimum absolute atomic E-state index is 0.111. The van der Waals surface area contributed by atoms with E-state index in [1.165, 1.54) is 14.2 Å². The van der Waals surface area contributed by atoms with Gasteiger partial charge in [0.2, 0.25) is 0 Å². The molecule has 8 nitrogen and oxygen atoms in total. The van der Waals surface area contributed by atoms with E-state index in [2.05, 4.69) is 21.9 Å². The molecule has 0 bridgehead atoms. The van der Waals surface area contributed by atoms with E-state index in [1.807, 2.05) is 0 Å². The van der Waals surface area contributed by atoms with Gasteiger partial charge < -0.3 is 24.6 Å². The molecule has 0 radical (unpaired) electrons. The molecule has 1 aromatic rings. The third kappa shape index (κ3) is 5.30. The number of rotatable bonds is 6. The van der Waals surface area contributed by atoms with Gasteiger partial charge in [0.1, 0.15) is 5.70 Å². The van der Waals surface area contributed by atoms with Gasteiger partial charge in [-0.2, -0.15) is 0 Å². The van der Waals surface area contributed by atoms with E-state index >= 15 is 0 Å². The van der Waals surface area contributed by atoms with Crippen molar-refractivity contribution >= 4 is 23.5 Å². The average molecular weight is 375 g/mol. The first-order valence-electron chi connectivity index (χ1n) is 8.75. The van der Waals surface area contributed by atoms with Crippen LogP contribution in [0.15, 0.2) is 36.0 Å². The molecule has 1 aromatic carbocycles. The molecule has 1 saturated heterocycles. The number of benzene rings is 1. The lowest BCUT2D eigenvalue weighted by Crippen LogP contribution is -2.48. The van der Waals surface area contributed by atoms with Crippen molar-refractivity contribution in [1.82, 2.24) is 9.80 Å². The van der Waals surface area contributed by atoms with Crippen LogP contribution in [0.4, 0.5) is 5.69 Å². The first kappa shape index (κ1) is 20.4. The number of esters is 2. The summed E-state index contributed by atoms with van der Waals surface area (Å²) in [6.07, 6.45) is 0.993. The van der Waals surface area contributed by atoms with Gasteiger partial charge in [0.15, 0.2) is 0 Å². The zero-order valence-corrected chi connectivity index (χ0v) is 15.9. The van der Waals surface area contributed by atoms with Crippen LogP contribution in [-0.4, -0.2) is 74.6 Å². The third-order valence-corrected chi connectivity index (χ3v) is 4.40. The number of para-hydroxylation sites is 1. The van der Waals surface area contributed by atoms with Crippen LogP contribution in [0, 0.1) is 0 Å². The van der Waals surface area contributed by atoms with Crippen molar-refractivity contribution in [3.63, 3.8) is 0 Å². The Morgan fingerprint density at radius 2 is 1.74 bits per heavy atom. The maximum absolute atomic E-state index is 13.0. The van der Waals surface area contributed by atoms with Crippen LogP contribution in [0.2, 0.25) is 0 Å². The predicted molar refractivity (Wildman–Crippen MR) is 100 cm³/mol. The van der Waals surface area contributed by atoms with Crippen LogP contribution in [0.5, 0.6) is 0 Å². The highest BCUT2D eigenvalue weighted by atomic mass is 16.5. The molecule has 0 saturated carbocycles. The van der Waals surface area contributed by atoms with E-state index in [9.17, 15) is 14.4 Å². The lowest BCUT2D eigenvalue weighted by molar-refractivity contribution is -0.138. The Hall–Kier alpha value is -2.87. The number of hydrogen-bond acceptors (Lipinski definition) is 7. The van der Waals surface area contributed by atoms with Gasteiger partial charge in [-0.25, -0.2) is 9.59 Å². The summed E-state index contributed by atoms with van der Waals surface area (Å²) in [7, 11) is 2.42. The van der Waals surface area contributed by atoms with E-state index < -0.39 is 11.9 Å². The summed E-state index contributed by atoms with van der Waals surface area (Å²) in [5.74, 6) is -1.57. The number of anilines is 1. The minimum Gasteiger partial charge on any atom is -0.466 e. The SMILES string of the molecule is CCN1CCN(C(=O)c2ccccc2N/C(=C/C(=O)OC)C(=O)OC)CC1. The fraction of sp³-hybridized carbons (Fsp3) is 0.421. The Labute approximate surface area is 158 Å². The molecule has 146 valence electrons. The summed E-state index contributed by atoms with van der Waals surface area (Å²) in [6, 6.07) is 6.84. The second-order valence-corrected chi connectivity index (χ2v) is 5.97. The minimum atomic E-state index is -0.737. The van der Waals surface area contributed by atoms with E-state index in [0.29, 0.717) is 24.3 Å². The van der Waals surface area contributed by atoms with E-state index in [-0.39, 0.29) is 11.6 Å². The summed E-state index contributed by atoms with van der Waals surface area (Å²) in [6.45, 7) is 5.99. The number of methoxy groups -OCH3 is 2. The molecule has 0 unspecified atom stereocenters. The first-order valence-corrected chi connectivity index (χ1v) is 8.75. The van der Waals surface area contributed by atoms with Gasteiger partial charge in [-0.3, -0.25) is 4.79 Å². The fourth-order valence-corrected chi connectivity index (χ4v) is 2.79. The molecule has 0 atom stereocenters. The van der Waals surface area contributed by atoms with E-state index in [1.54, 1.807) is 29.2 Å². The monoisotopic (exact) mass is 375 g/mol. The summed E-state index contributed by atoms with van der Waals surface area (Å²) in [5.41, 5.74) is 0.725. The van der Waals surface area contributed by atoms with Crippen LogP contribution in [0.1, 0.15) is 17.3 Å². The Bertz CT molecular complexity index is 724. The molecule has 1 aliphatic heterocycles. The van der Waals surface area contributed by atoms with Gasteiger partial charge in [-0.1, -0.05) is 19.1 Å². The second kappa shape index (κ2) is 9.72. The Balaban J connectivity index is 2.23. The van der Waals surface area contributed by atoms with Crippen LogP contribution in [-0.2, 0) is 19.1 Å². The standard InChI is InChI=1S/C19H25N3O5/c1-4-21-9-11-22(12-10-21)18(24)14-7-5-6-8-15(14)20-16(19(25)27-3)13-17(23)26-2/h5-8,13,20H,4,9-12H2,1-3H3/b16-13+. The lowest BCUT2D eigenvalue weighted by Gasteiger charge is -2.34. The van der Waals surface area contributed by atoms with Crippen LogP contribution < -0.4 is 5.32 Å². The number of piperazine rings is 1. The van der Waals surface area contributed by atoms with Gasteiger partial charge in [0.25, 0.3) is 5.91 Å². The maximum Gasteiger partial charge on any atom is 0.354 e. The molecule has 0 aromatic heterocycles. The topological polar surface area (TPSA) is 88.2 Å².